The number of ether oxygens (including phenoxy) is 3. The van der Waals surface area contributed by atoms with Crippen LogP contribution in [0, 0.1) is 11.8 Å². The first-order valence-electron chi connectivity index (χ1n) is 8.80. The molecule has 3 rings (SSSR count). The van der Waals surface area contributed by atoms with Gasteiger partial charge < -0.3 is 19.5 Å². The van der Waals surface area contributed by atoms with Gasteiger partial charge >= 0.3 is 5.97 Å². The highest BCUT2D eigenvalue weighted by Crippen LogP contribution is 2.38. The van der Waals surface area contributed by atoms with E-state index in [0.717, 1.165) is 12.0 Å². The molecule has 142 valence electrons. The van der Waals surface area contributed by atoms with Crippen LogP contribution in [0.5, 0.6) is 11.5 Å². The Morgan fingerprint density at radius 1 is 1.04 bits per heavy atom. The van der Waals surface area contributed by atoms with E-state index in [1.807, 2.05) is 6.07 Å². The first-order chi connectivity index (χ1) is 13.0. The molecule has 6 heteroatoms. The number of hydrogen-bond donors (Lipinski definition) is 1. The van der Waals surface area contributed by atoms with Crippen molar-refractivity contribution < 1.29 is 23.8 Å². The number of nitrogens with one attached hydrogen (secondary N) is 1. The van der Waals surface area contributed by atoms with Gasteiger partial charge in [-0.05, 0) is 54.3 Å². The second-order valence-corrected chi connectivity index (χ2v) is 6.65. The molecule has 1 amide bonds. The lowest BCUT2D eigenvalue weighted by atomic mass is 10.2. The largest absolute Gasteiger partial charge is 0.493 e. The van der Waals surface area contributed by atoms with Crippen LogP contribution < -0.4 is 14.8 Å². The molecule has 0 aliphatic heterocycles. The first kappa shape index (κ1) is 18.8. The average Bonchev–Trinajstić information content (AvgIpc) is 3.43. The fraction of sp³-hybridized carbons (Fsp3) is 0.333. The lowest BCUT2D eigenvalue weighted by molar-refractivity contribution is -0.117. The van der Waals surface area contributed by atoms with Gasteiger partial charge in [-0.1, -0.05) is 13.0 Å². The highest BCUT2D eigenvalue weighted by molar-refractivity contribution is 5.95. The van der Waals surface area contributed by atoms with Gasteiger partial charge in [0.25, 0.3) is 0 Å². The highest BCUT2D eigenvalue weighted by atomic mass is 16.5. The topological polar surface area (TPSA) is 73.9 Å². The summed E-state index contributed by atoms with van der Waals surface area (Å²) in [5.74, 6) is 1.36. The second kappa shape index (κ2) is 8.12. The standard InChI is InChI=1S/C21H23NO5/c1-13-10-17(13)20(23)22-16-7-5-15(6-8-16)21(24)27-12-14-4-9-18(25-2)19(11-14)26-3/h4-9,11,13,17H,10,12H2,1-3H3,(H,22,23). The Balaban J connectivity index is 1.55. The average molecular weight is 369 g/mol. The zero-order valence-corrected chi connectivity index (χ0v) is 15.7. The van der Waals surface area contributed by atoms with Gasteiger partial charge in [-0.3, -0.25) is 4.79 Å². The van der Waals surface area contributed by atoms with Crippen LogP contribution in [0.2, 0.25) is 0 Å². The number of hydrogen-bond acceptors (Lipinski definition) is 5. The van der Waals surface area contributed by atoms with Crippen LogP contribution in [0.4, 0.5) is 5.69 Å². The molecular weight excluding hydrogens is 346 g/mol. The van der Waals surface area contributed by atoms with Crippen molar-refractivity contribution in [3.05, 3.63) is 53.6 Å². The molecule has 1 aliphatic rings. The number of esters is 1. The Morgan fingerprint density at radius 3 is 2.30 bits per heavy atom. The molecule has 2 aromatic rings. The molecule has 2 aromatic carbocycles. The Hall–Kier alpha value is -3.02. The summed E-state index contributed by atoms with van der Waals surface area (Å²) in [6.07, 6.45) is 0.937. The molecule has 1 aliphatic carbocycles. The molecule has 1 saturated carbocycles. The van der Waals surface area contributed by atoms with Crippen LogP contribution in [0.3, 0.4) is 0 Å². The summed E-state index contributed by atoms with van der Waals surface area (Å²) >= 11 is 0. The molecule has 1 N–H and O–H groups in total. The molecule has 0 aromatic heterocycles. The summed E-state index contributed by atoms with van der Waals surface area (Å²) in [6, 6.07) is 12.0. The fourth-order valence-corrected chi connectivity index (χ4v) is 2.81. The monoisotopic (exact) mass is 369 g/mol. The number of carbonyl (C=O) groups excluding carboxylic acids is 2. The number of anilines is 1. The molecule has 0 radical (unpaired) electrons. The molecule has 27 heavy (non-hydrogen) atoms. The van der Waals surface area contributed by atoms with Crippen LogP contribution in [0.1, 0.15) is 29.3 Å². The van der Waals surface area contributed by atoms with Gasteiger partial charge in [0.1, 0.15) is 6.61 Å². The van der Waals surface area contributed by atoms with Crippen molar-refractivity contribution in [1.82, 2.24) is 0 Å². The fourth-order valence-electron chi connectivity index (χ4n) is 2.81. The molecule has 2 unspecified atom stereocenters. The van der Waals surface area contributed by atoms with Crippen molar-refractivity contribution in [2.45, 2.75) is 20.0 Å². The smallest absolute Gasteiger partial charge is 0.338 e. The number of rotatable bonds is 7. The lowest BCUT2D eigenvalue weighted by Crippen LogP contribution is -2.14. The summed E-state index contributed by atoms with van der Waals surface area (Å²) in [5, 5.41) is 2.86. The van der Waals surface area contributed by atoms with Crippen LogP contribution in [-0.4, -0.2) is 26.1 Å². The molecule has 0 spiro atoms. The maximum atomic E-state index is 12.2. The predicted molar refractivity (Wildman–Crippen MR) is 101 cm³/mol. The molecular formula is C21H23NO5. The second-order valence-electron chi connectivity index (χ2n) is 6.65. The molecule has 1 fully saturated rings. The predicted octanol–water partition coefficient (Wildman–Crippen LogP) is 3.66. The van der Waals surface area contributed by atoms with E-state index in [4.69, 9.17) is 14.2 Å². The van der Waals surface area contributed by atoms with Gasteiger partial charge in [0.15, 0.2) is 11.5 Å². The van der Waals surface area contributed by atoms with Crippen molar-refractivity contribution in [1.29, 1.82) is 0 Å². The number of amides is 1. The third-order valence-electron chi connectivity index (χ3n) is 4.65. The third-order valence-corrected chi connectivity index (χ3v) is 4.65. The molecule has 0 heterocycles. The van der Waals surface area contributed by atoms with Gasteiger partial charge in [-0.25, -0.2) is 4.79 Å². The van der Waals surface area contributed by atoms with Crippen LogP contribution in [0.25, 0.3) is 0 Å². The van der Waals surface area contributed by atoms with Crippen molar-refractivity contribution in [3.8, 4) is 11.5 Å². The number of methoxy groups -OCH3 is 2. The quantitative estimate of drug-likeness (QED) is 0.754. The van der Waals surface area contributed by atoms with E-state index < -0.39 is 5.97 Å². The van der Waals surface area contributed by atoms with Crippen LogP contribution in [0.15, 0.2) is 42.5 Å². The molecule has 2 atom stereocenters. The van der Waals surface area contributed by atoms with Gasteiger partial charge in [-0.15, -0.1) is 0 Å². The molecule has 6 nitrogen and oxygen atoms in total. The Kier molecular flexibility index (Phi) is 5.64. The van der Waals surface area contributed by atoms with Gasteiger partial charge in [0.05, 0.1) is 19.8 Å². The van der Waals surface area contributed by atoms with Crippen LogP contribution in [-0.2, 0) is 16.1 Å². The molecule has 0 bridgehead atoms. The number of benzene rings is 2. The highest BCUT2D eigenvalue weighted by Gasteiger charge is 2.39. The SMILES string of the molecule is COc1ccc(COC(=O)c2ccc(NC(=O)C3CC3C)cc2)cc1OC. The summed E-state index contributed by atoms with van der Waals surface area (Å²) in [6.45, 7) is 2.18. The van der Waals surface area contributed by atoms with E-state index in [0.29, 0.717) is 28.7 Å². The van der Waals surface area contributed by atoms with E-state index in [9.17, 15) is 9.59 Å². The Bertz CT molecular complexity index is 831. The number of carbonyl (C=O) groups is 2. The lowest BCUT2D eigenvalue weighted by Gasteiger charge is -2.10. The van der Waals surface area contributed by atoms with E-state index in [2.05, 4.69) is 12.2 Å². The summed E-state index contributed by atoms with van der Waals surface area (Å²) in [7, 11) is 3.12. The third kappa shape index (κ3) is 4.58. The van der Waals surface area contributed by atoms with Gasteiger partial charge in [0, 0.05) is 11.6 Å². The van der Waals surface area contributed by atoms with E-state index in [1.165, 1.54) is 0 Å². The van der Waals surface area contributed by atoms with E-state index in [1.54, 1.807) is 50.6 Å². The van der Waals surface area contributed by atoms with E-state index in [-0.39, 0.29) is 18.4 Å². The summed E-state index contributed by atoms with van der Waals surface area (Å²) < 4.78 is 15.8. The van der Waals surface area contributed by atoms with Gasteiger partial charge in [0.2, 0.25) is 5.91 Å². The minimum atomic E-state index is -0.432. The van der Waals surface area contributed by atoms with Crippen molar-refractivity contribution in [2.75, 3.05) is 19.5 Å². The summed E-state index contributed by atoms with van der Waals surface area (Å²) in [5.41, 5.74) is 1.90. The maximum Gasteiger partial charge on any atom is 0.338 e. The van der Waals surface area contributed by atoms with Gasteiger partial charge in [-0.2, -0.15) is 0 Å². The zero-order valence-electron chi connectivity index (χ0n) is 15.7. The minimum absolute atomic E-state index is 0.0336. The normalized spacial score (nSPS) is 17.7. The molecule has 0 saturated heterocycles. The zero-order chi connectivity index (χ0) is 19.4. The van der Waals surface area contributed by atoms with Crippen molar-refractivity contribution >= 4 is 17.6 Å². The van der Waals surface area contributed by atoms with Crippen LogP contribution >= 0.6 is 0 Å². The van der Waals surface area contributed by atoms with E-state index >= 15 is 0 Å². The Labute approximate surface area is 158 Å². The Morgan fingerprint density at radius 2 is 1.70 bits per heavy atom. The minimum Gasteiger partial charge on any atom is -0.493 e. The first-order valence-corrected chi connectivity index (χ1v) is 8.80. The van der Waals surface area contributed by atoms with Crippen molar-refractivity contribution in [2.24, 2.45) is 11.8 Å². The van der Waals surface area contributed by atoms with Crippen molar-refractivity contribution in [3.63, 3.8) is 0 Å². The summed E-state index contributed by atoms with van der Waals surface area (Å²) in [4.78, 5) is 24.2. The maximum absolute atomic E-state index is 12.2.